The van der Waals surface area contributed by atoms with E-state index in [1.807, 2.05) is 4.90 Å². The Morgan fingerprint density at radius 1 is 1.40 bits per heavy atom. The molecule has 1 amide bonds. The molecule has 0 aromatic carbocycles. The SMILES string of the molecule is NC1(C(=O)N2CCOC3CCCC32)CC1. The Labute approximate surface area is 89.7 Å². The zero-order valence-electron chi connectivity index (χ0n) is 8.95. The summed E-state index contributed by atoms with van der Waals surface area (Å²) in [6.07, 6.45) is 5.38. The van der Waals surface area contributed by atoms with E-state index in [-0.39, 0.29) is 12.0 Å². The van der Waals surface area contributed by atoms with Gasteiger partial charge >= 0.3 is 0 Å². The van der Waals surface area contributed by atoms with E-state index in [0.29, 0.717) is 12.6 Å². The van der Waals surface area contributed by atoms with E-state index in [0.717, 1.165) is 32.2 Å². The van der Waals surface area contributed by atoms with Gasteiger partial charge in [0, 0.05) is 6.54 Å². The third-order valence-electron chi connectivity index (χ3n) is 3.96. The summed E-state index contributed by atoms with van der Waals surface area (Å²) < 4.78 is 5.68. The van der Waals surface area contributed by atoms with Gasteiger partial charge in [-0.25, -0.2) is 0 Å². The molecule has 0 spiro atoms. The molecule has 4 heteroatoms. The molecule has 0 aromatic rings. The van der Waals surface area contributed by atoms with Gasteiger partial charge in [0.2, 0.25) is 5.91 Å². The van der Waals surface area contributed by atoms with E-state index in [9.17, 15) is 4.79 Å². The van der Waals surface area contributed by atoms with Gasteiger partial charge in [-0.3, -0.25) is 4.79 Å². The lowest BCUT2D eigenvalue weighted by molar-refractivity contribution is -0.146. The second-order valence-electron chi connectivity index (χ2n) is 5.06. The van der Waals surface area contributed by atoms with Crippen molar-refractivity contribution < 1.29 is 9.53 Å². The fraction of sp³-hybridized carbons (Fsp3) is 0.909. The number of hydrogen-bond acceptors (Lipinski definition) is 3. The van der Waals surface area contributed by atoms with Crippen molar-refractivity contribution in [3.63, 3.8) is 0 Å². The predicted octanol–water partition coefficient (Wildman–Crippen LogP) is 0.258. The summed E-state index contributed by atoms with van der Waals surface area (Å²) in [4.78, 5) is 14.2. The predicted molar refractivity (Wildman–Crippen MR) is 55.2 cm³/mol. The van der Waals surface area contributed by atoms with Crippen LogP contribution in [-0.4, -0.2) is 41.6 Å². The molecule has 15 heavy (non-hydrogen) atoms. The maximum absolute atomic E-state index is 12.2. The highest BCUT2D eigenvalue weighted by Crippen LogP contribution is 2.38. The first kappa shape index (κ1) is 9.60. The summed E-state index contributed by atoms with van der Waals surface area (Å²) >= 11 is 0. The van der Waals surface area contributed by atoms with Crippen LogP contribution in [0.15, 0.2) is 0 Å². The van der Waals surface area contributed by atoms with Crippen LogP contribution in [0.2, 0.25) is 0 Å². The molecule has 3 aliphatic rings. The van der Waals surface area contributed by atoms with Gasteiger partial charge in [-0.1, -0.05) is 0 Å². The Morgan fingerprint density at radius 2 is 2.20 bits per heavy atom. The molecule has 1 aliphatic heterocycles. The highest BCUT2D eigenvalue weighted by Gasteiger charge is 2.51. The summed E-state index contributed by atoms with van der Waals surface area (Å²) in [5.74, 6) is 0.169. The number of fused-ring (bicyclic) bond motifs is 1. The summed E-state index contributed by atoms with van der Waals surface area (Å²) in [6, 6.07) is 0.312. The minimum Gasteiger partial charge on any atom is -0.374 e. The number of hydrogen-bond donors (Lipinski definition) is 1. The minimum atomic E-state index is -0.509. The van der Waals surface area contributed by atoms with Crippen LogP contribution in [0, 0.1) is 0 Å². The van der Waals surface area contributed by atoms with Gasteiger partial charge < -0.3 is 15.4 Å². The van der Waals surface area contributed by atoms with Crippen LogP contribution >= 0.6 is 0 Å². The number of carbonyl (C=O) groups excluding carboxylic acids is 1. The number of amides is 1. The van der Waals surface area contributed by atoms with Gasteiger partial charge in [-0.15, -0.1) is 0 Å². The molecule has 84 valence electrons. The second-order valence-corrected chi connectivity index (χ2v) is 5.06. The van der Waals surface area contributed by atoms with Crippen molar-refractivity contribution in [3.05, 3.63) is 0 Å². The first-order valence-corrected chi connectivity index (χ1v) is 5.92. The van der Waals surface area contributed by atoms with Gasteiger partial charge in [-0.2, -0.15) is 0 Å². The summed E-state index contributed by atoms with van der Waals surface area (Å²) in [5.41, 5.74) is 5.46. The first-order valence-electron chi connectivity index (χ1n) is 5.92. The monoisotopic (exact) mass is 210 g/mol. The highest BCUT2D eigenvalue weighted by molar-refractivity contribution is 5.89. The summed E-state index contributed by atoms with van der Waals surface area (Å²) in [5, 5.41) is 0. The largest absolute Gasteiger partial charge is 0.374 e. The van der Waals surface area contributed by atoms with Crippen molar-refractivity contribution in [1.82, 2.24) is 4.90 Å². The van der Waals surface area contributed by atoms with Crippen LogP contribution in [0.25, 0.3) is 0 Å². The van der Waals surface area contributed by atoms with E-state index in [2.05, 4.69) is 0 Å². The standard InChI is InChI=1S/C11H18N2O2/c12-11(4-5-11)10(14)13-6-7-15-9-3-1-2-8(9)13/h8-9H,1-7,12H2. The molecule has 0 bridgehead atoms. The molecule has 2 saturated carbocycles. The second kappa shape index (κ2) is 3.19. The number of nitrogens with zero attached hydrogens (tertiary/aromatic N) is 1. The van der Waals surface area contributed by atoms with Crippen LogP contribution < -0.4 is 5.73 Å². The summed E-state index contributed by atoms with van der Waals surface area (Å²) in [7, 11) is 0. The van der Waals surface area contributed by atoms with E-state index in [1.165, 1.54) is 6.42 Å². The third-order valence-corrected chi connectivity index (χ3v) is 3.96. The van der Waals surface area contributed by atoms with Gasteiger partial charge in [-0.05, 0) is 32.1 Å². The Bertz CT molecular complexity index is 288. The van der Waals surface area contributed by atoms with Crippen LogP contribution in [0.1, 0.15) is 32.1 Å². The van der Waals surface area contributed by atoms with Crippen LogP contribution in [0.5, 0.6) is 0 Å². The van der Waals surface area contributed by atoms with E-state index < -0.39 is 5.54 Å². The molecule has 2 unspecified atom stereocenters. The summed E-state index contributed by atoms with van der Waals surface area (Å²) in [6.45, 7) is 1.42. The molecular formula is C11H18N2O2. The first-order chi connectivity index (χ1) is 7.21. The average molecular weight is 210 g/mol. The highest BCUT2D eigenvalue weighted by atomic mass is 16.5. The van der Waals surface area contributed by atoms with Crippen LogP contribution in [0.4, 0.5) is 0 Å². The Kier molecular flexibility index (Phi) is 2.04. The van der Waals surface area contributed by atoms with Gasteiger partial charge in [0.15, 0.2) is 0 Å². The smallest absolute Gasteiger partial charge is 0.243 e. The molecule has 3 rings (SSSR count). The van der Waals surface area contributed by atoms with Crippen molar-refractivity contribution in [1.29, 1.82) is 0 Å². The molecule has 2 aliphatic carbocycles. The third kappa shape index (κ3) is 1.47. The molecule has 3 fully saturated rings. The maximum atomic E-state index is 12.2. The van der Waals surface area contributed by atoms with Gasteiger partial charge in [0.25, 0.3) is 0 Å². The van der Waals surface area contributed by atoms with Crippen molar-refractivity contribution in [2.24, 2.45) is 5.73 Å². The van der Waals surface area contributed by atoms with E-state index >= 15 is 0 Å². The molecule has 0 aromatic heterocycles. The quantitative estimate of drug-likeness (QED) is 0.675. The molecular weight excluding hydrogens is 192 g/mol. The number of morpholine rings is 1. The number of rotatable bonds is 1. The Balaban J connectivity index is 1.76. The van der Waals surface area contributed by atoms with Crippen LogP contribution in [-0.2, 0) is 9.53 Å². The van der Waals surface area contributed by atoms with Gasteiger partial charge in [0.1, 0.15) is 0 Å². The van der Waals surface area contributed by atoms with Gasteiger partial charge in [0.05, 0.1) is 24.3 Å². The lowest BCUT2D eigenvalue weighted by atomic mass is 10.1. The number of ether oxygens (including phenoxy) is 1. The van der Waals surface area contributed by atoms with Crippen molar-refractivity contribution in [3.8, 4) is 0 Å². The Hall–Kier alpha value is -0.610. The van der Waals surface area contributed by atoms with Crippen molar-refractivity contribution >= 4 is 5.91 Å². The lowest BCUT2D eigenvalue weighted by Crippen LogP contribution is -2.56. The van der Waals surface area contributed by atoms with E-state index in [1.54, 1.807) is 0 Å². The molecule has 2 N–H and O–H groups in total. The Morgan fingerprint density at radius 3 is 2.93 bits per heavy atom. The number of carbonyl (C=O) groups is 1. The zero-order chi connectivity index (χ0) is 10.5. The fourth-order valence-corrected chi connectivity index (χ4v) is 2.81. The topological polar surface area (TPSA) is 55.6 Å². The van der Waals surface area contributed by atoms with Crippen molar-refractivity contribution in [2.45, 2.75) is 49.8 Å². The fourth-order valence-electron chi connectivity index (χ4n) is 2.81. The molecule has 2 atom stereocenters. The van der Waals surface area contributed by atoms with Crippen molar-refractivity contribution in [2.75, 3.05) is 13.2 Å². The molecule has 1 saturated heterocycles. The molecule has 4 nitrogen and oxygen atoms in total. The van der Waals surface area contributed by atoms with E-state index in [4.69, 9.17) is 10.5 Å². The average Bonchev–Trinajstić information content (AvgIpc) is 2.82. The molecule has 0 radical (unpaired) electrons. The maximum Gasteiger partial charge on any atom is 0.243 e. The number of nitrogens with two attached hydrogens (primary N) is 1. The minimum absolute atomic E-state index is 0.169. The molecule has 1 heterocycles. The normalized spacial score (nSPS) is 37.5. The lowest BCUT2D eigenvalue weighted by Gasteiger charge is -2.39. The van der Waals surface area contributed by atoms with Crippen LogP contribution in [0.3, 0.4) is 0 Å². The zero-order valence-corrected chi connectivity index (χ0v) is 8.95.